The van der Waals surface area contributed by atoms with Crippen LogP contribution in [0.15, 0.2) is 53.4 Å². The molecule has 3 rings (SSSR count). The molecule has 5 nitrogen and oxygen atoms in total. The molecule has 1 fully saturated rings. The van der Waals surface area contributed by atoms with Gasteiger partial charge in [0.15, 0.2) is 0 Å². The van der Waals surface area contributed by atoms with E-state index >= 15 is 0 Å². The number of hydrogen-bond donors (Lipinski definition) is 1. The molecule has 2 aromatic rings. The van der Waals surface area contributed by atoms with Crippen molar-refractivity contribution in [3.8, 4) is 5.75 Å². The molecule has 0 aliphatic carbocycles. The Kier molecular flexibility index (Phi) is 6.39. The monoisotopic (exact) mass is 388 g/mol. The van der Waals surface area contributed by atoms with E-state index in [1.54, 1.807) is 19.2 Å². The number of nitrogens with one attached hydrogen (secondary N) is 1. The van der Waals surface area contributed by atoms with Crippen LogP contribution in [0.4, 0.5) is 5.69 Å². The molecule has 0 amide bonds. The molecule has 27 heavy (non-hydrogen) atoms. The van der Waals surface area contributed by atoms with E-state index in [2.05, 4.69) is 16.5 Å². The molecule has 1 aliphatic heterocycles. The SMILES string of the molecule is CCCc1ccc(S(=O)(=O)NCC2CCN(c3ccccc3OC)C2)cc1. The Morgan fingerprint density at radius 2 is 1.89 bits per heavy atom. The summed E-state index contributed by atoms with van der Waals surface area (Å²) in [7, 11) is -1.79. The molecule has 6 heteroatoms. The third-order valence-corrected chi connectivity index (χ3v) is 6.49. The molecule has 1 heterocycles. The molecule has 0 saturated carbocycles. The fourth-order valence-electron chi connectivity index (χ4n) is 3.54. The van der Waals surface area contributed by atoms with Crippen LogP contribution in [0, 0.1) is 5.92 Å². The number of nitrogens with zero attached hydrogens (tertiary/aromatic N) is 1. The van der Waals surface area contributed by atoms with Crippen LogP contribution in [0.1, 0.15) is 25.3 Å². The molecular weight excluding hydrogens is 360 g/mol. The number of rotatable bonds is 8. The van der Waals surface area contributed by atoms with Crippen LogP contribution in [-0.4, -0.2) is 35.2 Å². The molecule has 2 aromatic carbocycles. The summed E-state index contributed by atoms with van der Waals surface area (Å²) in [5, 5.41) is 0. The van der Waals surface area contributed by atoms with Gasteiger partial charge in [0.1, 0.15) is 5.75 Å². The van der Waals surface area contributed by atoms with Crippen LogP contribution in [0.5, 0.6) is 5.75 Å². The molecule has 0 spiro atoms. The van der Waals surface area contributed by atoms with E-state index in [0.29, 0.717) is 11.4 Å². The minimum absolute atomic E-state index is 0.282. The summed E-state index contributed by atoms with van der Waals surface area (Å²) in [5.74, 6) is 1.13. The Hall–Kier alpha value is -2.05. The Morgan fingerprint density at radius 1 is 1.15 bits per heavy atom. The molecule has 146 valence electrons. The first-order valence-electron chi connectivity index (χ1n) is 9.50. The highest BCUT2D eigenvalue weighted by Gasteiger charge is 2.26. The fraction of sp³-hybridized carbons (Fsp3) is 0.429. The summed E-state index contributed by atoms with van der Waals surface area (Å²) in [5.41, 5.74) is 2.23. The molecule has 0 bridgehead atoms. The fourth-order valence-corrected chi connectivity index (χ4v) is 4.66. The summed E-state index contributed by atoms with van der Waals surface area (Å²) in [6, 6.07) is 15.1. The van der Waals surface area contributed by atoms with Gasteiger partial charge >= 0.3 is 0 Å². The lowest BCUT2D eigenvalue weighted by atomic mass is 10.1. The lowest BCUT2D eigenvalue weighted by molar-refractivity contribution is 0.414. The Bertz CT molecular complexity index is 850. The van der Waals surface area contributed by atoms with Crippen molar-refractivity contribution in [3.63, 3.8) is 0 Å². The topological polar surface area (TPSA) is 58.6 Å². The Balaban J connectivity index is 1.58. The minimum Gasteiger partial charge on any atom is -0.495 e. The molecule has 1 saturated heterocycles. The second-order valence-electron chi connectivity index (χ2n) is 7.02. The van der Waals surface area contributed by atoms with Gasteiger partial charge in [0.05, 0.1) is 17.7 Å². The summed E-state index contributed by atoms with van der Waals surface area (Å²) in [6.07, 6.45) is 2.97. The third-order valence-electron chi connectivity index (χ3n) is 5.05. The van der Waals surface area contributed by atoms with E-state index in [1.807, 2.05) is 36.4 Å². The second kappa shape index (κ2) is 8.76. The Morgan fingerprint density at radius 3 is 2.59 bits per heavy atom. The molecule has 1 atom stereocenters. The predicted octanol–water partition coefficient (Wildman–Crippen LogP) is 3.45. The highest BCUT2D eigenvalue weighted by molar-refractivity contribution is 7.89. The van der Waals surface area contributed by atoms with Gasteiger partial charge in [-0.3, -0.25) is 0 Å². The van der Waals surface area contributed by atoms with Gasteiger partial charge in [-0.1, -0.05) is 37.6 Å². The number of sulfonamides is 1. The number of hydrogen-bond acceptors (Lipinski definition) is 4. The highest BCUT2D eigenvalue weighted by atomic mass is 32.2. The molecule has 0 aromatic heterocycles. The summed E-state index contributed by atoms with van der Waals surface area (Å²) < 4.78 is 33.4. The second-order valence-corrected chi connectivity index (χ2v) is 8.79. The van der Waals surface area contributed by atoms with Gasteiger partial charge in [-0.15, -0.1) is 0 Å². The summed E-state index contributed by atoms with van der Waals surface area (Å²) in [4.78, 5) is 2.60. The third kappa shape index (κ3) is 4.82. The van der Waals surface area contributed by atoms with Crippen molar-refractivity contribution in [1.82, 2.24) is 4.72 Å². The smallest absolute Gasteiger partial charge is 0.240 e. The summed E-state index contributed by atoms with van der Waals surface area (Å²) >= 11 is 0. The van der Waals surface area contributed by atoms with Crippen LogP contribution < -0.4 is 14.4 Å². The van der Waals surface area contributed by atoms with Crippen LogP contribution >= 0.6 is 0 Å². The van der Waals surface area contributed by atoms with E-state index < -0.39 is 10.0 Å². The maximum absolute atomic E-state index is 12.6. The van der Waals surface area contributed by atoms with Crippen molar-refractivity contribution in [2.75, 3.05) is 31.6 Å². The first kappa shape index (κ1) is 19.7. The van der Waals surface area contributed by atoms with E-state index in [-0.39, 0.29) is 5.92 Å². The largest absolute Gasteiger partial charge is 0.495 e. The zero-order valence-electron chi connectivity index (χ0n) is 16.0. The zero-order chi connectivity index (χ0) is 19.3. The standard InChI is InChI=1S/C21H28N2O3S/c1-3-6-17-9-11-19(12-10-17)27(24,25)22-15-18-13-14-23(16-18)20-7-4-5-8-21(20)26-2/h4-5,7-12,18,22H,3,6,13-16H2,1-2H3. The van der Waals surface area contributed by atoms with Crippen molar-refractivity contribution in [2.24, 2.45) is 5.92 Å². The van der Waals surface area contributed by atoms with Gasteiger partial charge in [-0.2, -0.15) is 0 Å². The average molecular weight is 389 g/mol. The number of anilines is 1. The number of ether oxygens (including phenoxy) is 1. The van der Waals surface area contributed by atoms with E-state index in [4.69, 9.17) is 4.74 Å². The van der Waals surface area contributed by atoms with Crippen LogP contribution in [0.2, 0.25) is 0 Å². The van der Waals surface area contributed by atoms with Crippen molar-refractivity contribution < 1.29 is 13.2 Å². The minimum atomic E-state index is -3.47. The first-order chi connectivity index (χ1) is 13.0. The molecule has 0 radical (unpaired) electrons. The van der Waals surface area contributed by atoms with Crippen molar-refractivity contribution in [3.05, 3.63) is 54.1 Å². The van der Waals surface area contributed by atoms with Crippen molar-refractivity contribution >= 4 is 15.7 Å². The van der Waals surface area contributed by atoms with E-state index in [0.717, 1.165) is 43.8 Å². The van der Waals surface area contributed by atoms with Crippen molar-refractivity contribution in [2.45, 2.75) is 31.1 Å². The van der Waals surface area contributed by atoms with Gasteiger partial charge in [0, 0.05) is 19.6 Å². The number of aryl methyl sites for hydroxylation is 1. The zero-order valence-corrected chi connectivity index (χ0v) is 16.8. The van der Waals surface area contributed by atoms with Gasteiger partial charge in [-0.25, -0.2) is 13.1 Å². The average Bonchev–Trinajstić information content (AvgIpc) is 3.16. The number of para-hydroxylation sites is 2. The van der Waals surface area contributed by atoms with Gasteiger partial charge < -0.3 is 9.64 Å². The Labute approximate surface area is 162 Å². The van der Waals surface area contributed by atoms with Gasteiger partial charge in [0.25, 0.3) is 0 Å². The predicted molar refractivity (Wildman–Crippen MR) is 109 cm³/mol. The first-order valence-corrected chi connectivity index (χ1v) is 11.0. The quantitative estimate of drug-likeness (QED) is 0.752. The maximum atomic E-state index is 12.6. The van der Waals surface area contributed by atoms with Gasteiger partial charge in [-0.05, 0) is 48.6 Å². The normalized spacial score (nSPS) is 17.3. The number of benzene rings is 2. The molecule has 1 aliphatic rings. The highest BCUT2D eigenvalue weighted by Crippen LogP contribution is 2.31. The summed E-state index contributed by atoms with van der Waals surface area (Å²) in [6.45, 7) is 4.28. The van der Waals surface area contributed by atoms with Crippen LogP contribution in [0.3, 0.4) is 0 Å². The maximum Gasteiger partial charge on any atom is 0.240 e. The lowest BCUT2D eigenvalue weighted by Gasteiger charge is -2.21. The molecular formula is C21H28N2O3S. The molecule has 1 N–H and O–H groups in total. The molecule has 1 unspecified atom stereocenters. The van der Waals surface area contributed by atoms with Gasteiger partial charge in [0.2, 0.25) is 10.0 Å². The van der Waals surface area contributed by atoms with Crippen LogP contribution in [-0.2, 0) is 16.4 Å². The van der Waals surface area contributed by atoms with E-state index in [1.165, 1.54) is 5.56 Å². The van der Waals surface area contributed by atoms with Crippen LogP contribution in [0.25, 0.3) is 0 Å². The van der Waals surface area contributed by atoms with Crippen molar-refractivity contribution in [1.29, 1.82) is 0 Å². The van der Waals surface area contributed by atoms with E-state index in [9.17, 15) is 8.42 Å². The lowest BCUT2D eigenvalue weighted by Crippen LogP contribution is -2.31. The number of methoxy groups -OCH3 is 1.